The minimum absolute atomic E-state index is 0.505. The number of hydrogen-bond donors (Lipinski definition) is 0. The molecule has 1 aromatic rings. The van der Waals surface area contributed by atoms with E-state index in [9.17, 15) is 13.6 Å². The Kier molecular flexibility index (Phi) is 2.99. The summed E-state index contributed by atoms with van der Waals surface area (Å²) in [6, 6.07) is 6.85. The van der Waals surface area contributed by atoms with Gasteiger partial charge in [0.05, 0.1) is 0 Å². The Labute approximate surface area is 81.7 Å². The molecular formula is C11H12F2O. The Hall–Kier alpha value is -1.25. The first kappa shape index (κ1) is 10.8. The molecule has 0 unspecified atom stereocenters. The lowest BCUT2D eigenvalue weighted by atomic mass is 10.0. The molecule has 0 aliphatic heterocycles. The number of halogens is 2. The van der Waals surface area contributed by atoms with Gasteiger partial charge in [0.1, 0.15) is 0 Å². The third-order valence-electron chi connectivity index (χ3n) is 2.19. The number of alkyl halides is 2. The molecule has 0 aliphatic rings. The number of carbonyl (C=O) groups is 1. The van der Waals surface area contributed by atoms with E-state index in [1.807, 2.05) is 0 Å². The minimum Gasteiger partial charge on any atom is -0.293 e. The first-order valence-corrected chi connectivity index (χ1v) is 4.37. The summed E-state index contributed by atoms with van der Waals surface area (Å²) in [4.78, 5) is 10.6. The highest BCUT2D eigenvalue weighted by Crippen LogP contribution is 2.22. The van der Waals surface area contributed by atoms with E-state index in [-0.39, 0.29) is 0 Å². The Balaban J connectivity index is 2.89. The number of carbonyl (C=O) groups excluding carboxylic acids is 1. The second-order valence-corrected chi connectivity index (χ2v) is 3.36. The molecule has 76 valence electrons. The van der Waals surface area contributed by atoms with Crippen LogP contribution in [0.25, 0.3) is 0 Å². The molecule has 0 fully saturated rings. The minimum atomic E-state index is -3.24. The van der Waals surface area contributed by atoms with Crippen LogP contribution in [0.1, 0.15) is 18.1 Å². The van der Waals surface area contributed by atoms with Gasteiger partial charge in [0.2, 0.25) is 0 Å². The SMILES string of the molecule is CC(=O)C(F)(F)Cc1ccccc1C. The molecule has 1 nitrogen and oxygen atoms in total. The van der Waals surface area contributed by atoms with Crippen LogP contribution in [0, 0.1) is 6.92 Å². The Morgan fingerprint density at radius 1 is 1.36 bits per heavy atom. The summed E-state index contributed by atoms with van der Waals surface area (Å²) >= 11 is 0. The second kappa shape index (κ2) is 3.86. The molecule has 0 amide bonds. The molecule has 0 aliphatic carbocycles. The molecular weight excluding hydrogens is 186 g/mol. The predicted octanol–water partition coefficient (Wildman–Crippen LogP) is 2.76. The average Bonchev–Trinajstić information content (AvgIpc) is 2.08. The predicted molar refractivity (Wildman–Crippen MR) is 50.5 cm³/mol. The van der Waals surface area contributed by atoms with Gasteiger partial charge in [0.15, 0.2) is 5.78 Å². The van der Waals surface area contributed by atoms with Crippen molar-refractivity contribution in [2.45, 2.75) is 26.2 Å². The van der Waals surface area contributed by atoms with Crippen molar-refractivity contribution in [3.05, 3.63) is 35.4 Å². The van der Waals surface area contributed by atoms with Crippen LogP contribution in [-0.2, 0) is 11.2 Å². The maximum absolute atomic E-state index is 13.1. The van der Waals surface area contributed by atoms with Crippen LogP contribution in [0.3, 0.4) is 0 Å². The smallest absolute Gasteiger partial charge is 0.293 e. The first-order chi connectivity index (χ1) is 6.43. The van der Waals surface area contributed by atoms with Crippen molar-refractivity contribution >= 4 is 5.78 Å². The summed E-state index contributed by atoms with van der Waals surface area (Å²) in [6.07, 6.45) is -0.505. The van der Waals surface area contributed by atoms with E-state index in [0.29, 0.717) is 5.56 Å². The lowest BCUT2D eigenvalue weighted by molar-refractivity contribution is -0.140. The number of aryl methyl sites for hydroxylation is 1. The molecule has 0 bridgehead atoms. The number of Topliss-reactive ketones (excluding diaryl/α,β-unsaturated/α-hetero) is 1. The largest absolute Gasteiger partial charge is 0.308 e. The van der Waals surface area contributed by atoms with E-state index in [1.165, 1.54) is 0 Å². The maximum atomic E-state index is 13.1. The van der Waals surface area contributed by atoms with Crippen LogP contribution in [0.4, 0.5) is 8.78 Å². The van der Waals surface area contributed by atoms with Gasteiger partial charge in [-0.15, -0.1) is 0 Å². The molecule has 0 saturated carbocycles. The van der Waals surface area contributed by atoms with E-state index in [2.05, 4.69) is 0 Å². The van der Waals surface area contributed by atoms with Gasteiger partial charge in [-0.3, -0.25) is 4.79 Å². The van der Waals surface area contributed by atoms with Crippen molar-refractivity contribution in [1.29, 1.82) is 0 Å². The normalized spacial score (nSPS) is 11.4. The Bertz CT molecular complexity index is 345. The van der Waals surface area contributed by atoms with Gasteiger partial charge >= 0.3 is 5.92 Å². The quantitative estimate of drug-likeness (QED) is 0.729. The summed E-state index contributed by atoms with van der Waals surface area (Å²) in [7, 11) is 0. The van der Waals surface area contributed by atoms with E-state index in [1.54, 1.807) is 31.2 Å². The van der Waals surface area contributed by atoms with E-state index in [0.717, 1.165) is 12.5 Å². The highest BCUT2D eigenvalue weighted by Gasteiger charge is 2.35. The van der Waals surface area contributed by atoms with Gasteiger partial charge < -0.3 is 0 Å². The van der Waals surface area contributed by atoms with Gasteiger partial charge in [0.25, 0.3) is 0 Å². The first-order valence-electron chi connectivity index (χ1n) is 4.37. The van der Waals surface area contributed by atoms with Crippen LogP contribution in [-0.4, -0.2) is 11.7 Å². The molecule has 0 spiro atoms. The number of hydrogen-bond acceptors (Lipinski definition) is 1. The van der Waals surface area contributed by atoms with Gasteiger partial charge in [-0.1, -0.05) is 24.3 Å². The number of ketones is 1. The molecule has 1 aromatic carbocycles. The van der Waals surface area contributed by atoms with Crippen molar-refractivity contribution in [1.82, 2.24) is 0 Å². The summed E-state index contributed by atoms with van der Waals surface area (Å²) < 4.78 is 26.1. The zero-order chi connectivity index (χ0) is 10.8. The van der Waals surface area contributed by atoms with Crippen LogP contribution in [0.5, 0.6) is 0 Å². The summed E-state index contributed by atoms with van der Waals surface area (Å²) in [6.45, 7) is 2.67. The summed E-state index contributed by atoms with van der Waals surface area (Å²) in [5, 5.41) is 0. The second-order valence-electron chi connectivity index (χ2n) is 3.36. The van der Waals surface area contributed by atoms with Crippen molar-refractivity contribution in [2.75, 3.05) is 0 Å². The fraction of sp³-hybridized carbons (Fsp3) is 0.364. The van der Waals surface area contributed by atoms with Gasteiger partial charge in [-0.25, -0.2) is 0 Å². The van der Waals surface area contributed by atoms with E-state index in [4.69, 9.17) is 0 Å². The molecule has 0 heterocycles. The molecule has 0 aromatic heterocycles. The summed E-state index contributed by atoms with van der Waals surface area (Å²) in [5.41, 5.74) is 1.31. The standard InChI is InChI=1S/C11H12F2O/c1-8-5-3-4-6-10(8)7-11(12,13)9(2)14/h3-6H,7H2,1-2H3. The molecule has 0 N–H and O–H groups in total. The third-order valence-corrected chi connectivity index (χ3v) is 2.19. The van der Waals surface area contributed by atoms with Crippen LogP contribution >= 0.6 is 0 Å². The van der Waals surface area contributed by atoms with Crippen molar-refractivity contribution in [3.63, 3.8) is 0 Å². The lowest BCUT2D eigenvalue weighted by Gasteiger charge is -2.13. The summed E-state index contributed by atoms with van der Waals surface area (Å²) in [5.74, 6) is -4.33. The zero-order valence-electron chi connectivity index (χ0n) is 8.18. The lowest BCUT2D eigenvalue weighted by Crippen LogP contribution is -2.28. The number of rotatable bonds is 3. The van der Waals surface area contributed by atoms with Crippen LogP contribution < -0.4 is 0 Å². The molecule has 0 saturated heterocycles. The van der Waals surface area contributed by atoms with Gasteiger partial charge in [-0.05, 0) is 18.1 Å². The van der Waals surface area contributed by atoms with Crippen LogP contribution in [0.2, 0.25) is 0 Å². The van der Waals surface area contributed by atoms with Gasteiger partial charge in [0, 0.05) is 13.3 Å². The Morgan fingerprint density at radius 2 is 1.93 bits per heavy atom. The van der Waals surface area contributed by atoms with Crippen molar-refractivity contribution in [3.8, 4) is 0 Å². The topological polar surface area (TPSA) is 17.1 Å². The maximum Gasteiger partial charge on any atom is 0.308 e. The molecule has 14 heavy (non-hydrogen) atoms. The fourth-order valence-corrected chi connectivity index (χ4v) is 1.17. The monoisotopic (exact) mass is 198 g/mol. The molecule has 0 radical (unpaired) electrons. The average molecular weight is 198 g/mol. The zero-order valence-corrected chi connectivity index (χ0v) is 8.18. The van der Waals surface area contributed by atoms with Crippen molar-refractivity contribution < 1.29 is 13.6 Å². The molecule has 0 atom stereocenters. The van der Waals surface area contributed by atoms with E-state index >= 15 is 0 Å². The Morgan fingerprint density at radius 3 is 2.43 bits per heavy atom. The highest BCUT2D eigenvalue weighted by atomic mass is 19.3. The third kappa shape index (κ3) is 2.37. The number of benzene rings is 1. The fourth-order valence-electron chi connectivity index (χ4n) is 1.17. The molecule has 3 heteroatoms. The van der Waals surface area contributed by atoms with Crippen molar-refractivity contribution in [2.24, 2.45) is 0 Å². The van der Waals surface area contributed by atoms with E-state index < -0.39 is 18.1 Å². The highest BCUT2D eigenvalue weighted by molar-refractivity contribution is 5.83. The van der Waals surface area contributed by atoms with Gasteiger partial charge in [-0.2, -0.15) is 8.78 Å². The molecule has 1 rings (SSSR count). The van der Waals surface area contributed by atoms with Crippen LogP contribution in [0.15, 0.2) is 24.3 Å².